The summed E-state index contributed by atoms with van der Waals surface area (Å²) in [7, 11) is 0. The van der Waals surface area contributed by atoms with E-state index in [0.717, 1.165) is 30.6 Å². The third kappa shape index (κ3) is 60.5. The average Bonchev–Trinajstić information content (AvgIpc) is 3.05. The Morgan fingerprint density at radius 1 is 0.303 bits per heavy atom. The van der Waals surface area contributed by atoms with E-state index in [-0.39, 0.29) is 235 Å². The van der Waals surface area contributed by atoms with Crippen molar-refractivity contribution < 1.29 is 187 Å². The Labute approximate surface area is 481 Å². The van der Waals surface area contributed by atoms with Gasteiger partial charge in [0, 0.05) is 165 Å². The van der Waals surface area contributed by atoms with E-state index in [9.17, 15) is 52.7 Å². The van der Waals surface area contributed by atoms with Crippen molar-refractivity contribution in [1.29, 1.82) is 0 Å². The Kier molecular flexibility index (Phi) is 132. The quantitative estimate of drug-likeness (QED) is 0.0857. The Balaban J connectivity index is -0.0000000250. The van der Waals surface area contributed by atoms with Crippen molar-refractivity contribution in [3.63, 3.8) is 0 Å². The molecule has 6 heterocycles. The number of hydrogen-bond donors (Lipinski definition) is 0. The van der Waals surface area contributed by atoms with Crippen LogP contribution in [0.1, 0.15) is 44.6 Å². The molecule has 0 N–H and O–H groups in total. The molecule has 0 saturated heterocycles. The van der Waals surface area contributed by atoms with Crippen molar-refractivity contribution in [2.45, 2.75) is 44.6 Å². The van der Waals surface area contributed by atoms with Crippen LogP contribution in [-0.4, -0.2) is 29.9 Å². The topological polar surface area (TPSA) is 77.3 Å². The second kappa shape index (κ2) is 72.5. The van der Waals surface area contributed by atoms with Crippen LogP contribution in [0.3, 0.4) is 0 Å². The maximum atomic E-state index is 12.0. The molecular formula is C42H60F12N6Ta6-6. The van der Waals surface area contributed by atoms with Crippen molar-refractivity contribution in [2.24, 2.45) is 0 Å². The fourth-order valence-electron chi connectivity index (χ4n) is 2.25. The second-order valence-electron chi connectivity index (χ2n) is 7.73. The van der Waals surface area contributed by atoms with E-state index in [2.05, 4.69) is 29.9 Å². The van der Waals surface area contributed by atoms with Gasteiger partial charge < -0.3 is 44.6 Å². The average molecular weight is 1960 g/mol. The van der Waals surface area contributed by atoms with Crippen LogP contribution in [0.5, 0.6) is 0 Å². The molecule has 0 unspecified atom stereocenters. The van der Waals surface area contributed by atoms with E-state index in [1.807, 2.05) is 0 Å². The van der Waals surface area contributed by atoms with Gasteiger partial charge in [-0.15, -0.1) is 0 Å². The van der Waals surface area contributed by atoms with E-state index in [0.29, 0.717) is 0 Å². The van der Waals surface area contributed by atoms with Crippen molar-refractivity contribution in [3.8, 4) is 0 Å². The zero-order valence-electron chi connectivity index (χ0n) is 32.3. The van der Waals surface area contributed by atoms with E-state index in [1.165, 1.54) is 61.3 Å². The van der Waals surface area contributed by atoms with Crippen molar-refractivity contribution in [1.82, 2.24) is 29.9 Å². The number of halogens is 12. The van der Waals surface area contributed by atoms with Crippen LogP contribution in [0.4, 0.5) is 52.7 Å². The van der Waals surface area contributed by atoms with Crippen LogP contribution in [0.15, 0.2) is 110 Å². The smallest absolute Gasteiger partial charge is 0.254 e. The molecule has 0 spiro atoms. The number of hydrogen-bond acceptors (Lipinski definition) is 6. The molecular weight excluding hydrogens is 1900 g/mol. The summed E-state index contributed by atoms with van der Waals surface area (Å²) >= 11 is 0. The molecule has 0 aliphatic rings. The summed E-state index contributed by atoms with van der Waals surface area (Å²) in [5.41, 5.74) is 0. The SMILES string of the molecule is C.C.C.C.C.C.Fc1cccc(F)n1.Fc1ccccn1.Fc1cccnc1.Fc1ccncc1.Fc1cncc(F)c1.Fc1nc(F)c(F)c(F)c1F.[CH3-].[CH3-].[CH3-].[CH3-].[CH3-].[CH3-].[Ta].[Ta].[Ta].[Ta].[Ta].[Ta]. The van der Waals surface area contributed by atoms with Crippen molar-refractivity contribution in [2.75, 3.05) is 0 Å². The van der Waals surface area contributed by atoms with Gasteiger partial charge >= 0.3 is 0 Å². The monoisotopic (exact) mass is 1960 g/mol. The fraction of sp³-hybridized carbons (Fsp3) is 0.143. The predicted octanol–water partition coefficient (Wildman–Crippen LogP) is 14.7. The largest absolute Gasteiger partial charge is 0.358 e. The summed E-state index contributed by atoms with van der Waals surface area (Å²) in [5.74, 6) is -14.3. The van der Waals surface area contributed by atoms with Gasteiger partial charge in [-0.05, 0) is 48.5 Å². The number of pyridine rings is 6. The summed E-state index contributed by atoms with van der Waals surface area (Å²) in [6.45, 7) is 0. The minimum absolute atomic E-state index is 0. The molecule has 0 bridgehead atoms. The molecule has 0 aromatic carbocycles. The van der Waals surface area contributed by atoms with Crippen molar-refractivity contribution in [3.05, 3.63) is 225 Å². The standard InChI is InChI=1S/C5F5N.2C5H3F2N.3C5H4FN.6CH4.6CH3.6Ta/c6-1-2(7)4(9)11-5(10)3(1)8;6-4-1-5(7)3-8-2-4;6-4-2-1-3-5(7)8-4;6-5-1-3-7-4-2-5;6-5-2-1-3-7-4-5;6-5-3-1-2-4-7-5;;;;;;;;;;;;;;;;;;/h;2*1-3H;3*1-4H;6*1H4;6*1H3;;;;;;/q;;;;;;;;;;;;6*-1;;;;;;. The molecule has 66 heavy (non-hydrogen) atoms. The third-order valence-electron chi connectivity index (χ3n) is 4.19. The van der Waals surface area contributed by atoms with Crippen LogP contribution in [0, 0.1) is 115 Å². The number of aromatic nitrogens is 6. The normalized spacial score (nSPS) is 6.73. The zero-order chi connectivity index (χ0) is 35.9. The molecule has 0 aliphatic carbocycles. The van der Waals surface area contributed by atoms with Gasteiger partial charge in [-0.1, -0.05) is 56.7 Å². The minimum Gasteiger partial charge on any atom is -0.358 e. The van der Waals surface area contributed by atoms with Gasteiger partial charge in [-0.2, -0.15) is 40.7 Å². The summed E-state index contributed by atoms with van der Waals surface area (Å²) < 4.78 is 143. The van der Waals surface area contributed by atoms with Crippen molar-refractivity contribution >= 4 is 0 Å². The van der Waals surface area contributed by atoms with E-state index in [4.69, 9.17) is 0 Å². The Morgan fingerprint density at radius 2 is 0.697 bits per heavy atom. The molecule has 0 saturated carbocycles. The molecule has 6 aromatic heterocycles. The number of nitrogens with zero attached hydrogens (tertiary/aromatic N) is 6. The van der Waals surface area contributed by atoms with E-state index >= 15 is 0 Å². The van der Waals surface area contributed by atoms with Crippen LogP contribution in [0.25, 0.3) is 0 Å². The van der Waals surface area contributed by atoms with Crippen LogP contribution in [0.2, 0.25) is 0 Å². The Morgan fingerprint density at radius 3 is 0.909 bits per heavy atom. The minimum atomic E-state index is -2.20. The maximum Gasteiger partial charge on any atom is 0.254 e. The number of rotatable bonds is 0. The molecule has 0 amide bonds. The zero-order valence-corrected chi connectivity index (χ0v) is 51.6. The first kappa shape index (κ1) is 120. The van der Waals surface area contributed by atoms with Gasteiger partial charge in [0.25, 0.3) is 11.9 Å². The predicted molar refractivity (Wildman–Crippen MR) is 224 cm³/mol. The molecule has 378 valence electrons. The summed E-state index contributed by atoms with van der Waals surface area (Å²) in [5, 5.41) is 0. The molecule has 6 radical (unpaired) electrons. The summed E-state index contributed by atoms with van der Waals surface area (Å²) in [6, 6.07) is 14.3. The maximum absolute atomic E-state index is 12.0. The molecule has 6 aromatic rings. The van der Waals surface area contributed by atoms with E-state index < -0.39 is 58.8 Å². The first-order valence-electron chi connectivity index (χ1n) is 12.4. The van der Waals surface area contributed by atoms with Gasteiger partial charge in [-0.3, -0.25) is 15.0 Å². The molecule has 0 fully saturated rings. The third-order valence-corrected chi connectivity index (χ3v) is 4.19. The van der Waals surface area contributed by atoms with Crippen LogP contribution < -0.4 is 0 Å². The molecule has 6 nitrogen and oxygen atoms in total. The Bertz CT molecular complexity index is 1600. The van der Waals surface area contributed by atoms with Gasteiger partial charge in [0.2, 0.25) is 35.3 Å². The summed E-state index contributed by atoms with van der Waals surface area (Å²) in [6.07, 6.45) is 8.83. The fourth-order valence-corrected chi connectivity index (χ4v) is 2.25. The second-order valence-corrected chi connectivity index (χ2v) is 7.73. The van der Waals surface area contributed by atoms with Gasteiger partial charge in [0.05, 0.1) is 18.6 Å². The molecule has 6 rings (SSSR count). The van der Waals surface area contributed by atoms with Gasteiger partial charge in [0.1, 0.15) is 23.3 Å². The first-order valence-corrected chi connectivity index (χ1v) is 12.4. The first-order chi connectivity index (χ1) is 22.8. The van der Waals surface area contributed by atoms with Gasteiger partial charge in [-0.25, -0.2) is 26.9 Å². The van der Waals surface area contributed by atoms with Crippen LogP contribution in [-0.2, 0) is 134 Å². The van der Waals surface area contributed by atoms with E-state index in [1.54, 1.807) is 18.2 Å². The summed E-state index contributed by atoms with van der Waals surface area (Å²) in [4.78, 5) is 18.6. The molecule has 0 atom stereocenters. The molecule has 24 heteroatoms. The van der Waals surface area contributed by atoms with Crippen LogP contribution >= 0.6 is 0 Å². The molecule has 0 aliphatic heterocycles. The van der Waals surface area contributed by atoms with Gasteiger partial charge in [0.15, 0.2) is 0 Å². The Hall–Kier alpha value is -1.50.